The number of carbonyl (C=O) groups is 1. The monoisotopic (exact) mass is 458 g/mol. The van der Waals surface area contributed by atoms with E-state index in [0.717, 1.165) is 29.8 Å². The molecule has 3 heterocycles. The first-order valence-electron chi connectivity index (χ1n) is 11.0. The average Bonchev–Trinajstić information content (AvgIpc) is 3.10. The second-order valence-electron chi connectivity index (χ2n) is 8.27. The summed E-state index contributed by atoms with van der Waals surface area (Å²) < 4.78 is 24.9. The molecule has 2 aliphatic heterocycles. The van der Waals surface area contributed by atoms with Gasteiger partial charge >= 0.3 is 0 Å². The number of fused-ring (bicyclic) bond motifs is 1. The Morgan fingerprint density at radius 3 is 2.31 bits per heavy atom. The Bertz CT molecular complexity index is 1080. The normalized spacial score (nSPS) is 17.2. The van der Waals surface area contributed by atoms with E-state index in [9.17, 15) is 13.2 Å². The molecule has 172 valence electrons. The Kier molecular flexibility index (Phi) is 6.34. The maximum absolute atomic E-state index is 12.5. The van der Waals surface area contributed by atoms with Gasteiger partial charge in [0, 0.05) is 55.4 Å². The summed E-state index contributed by atoms with van der Waals surface area (Å²) in [5, 5.41) is 3.23. The molecular formula is C22H30N6O3S. The molecule has 0 radical (unpaired) electrons. The first kappa shape index (κ1) is 22.5. The summed E-state index contributed by atoms with van der Waals surface area (Å²) in [5.41, 5.74) is 2.77. The van der Waals surface area contributed by atoms with Crippen molar-refractivity contribution in [2.45, 2.75) is 39.2 Å². The van der Waals surface area contributed by atoms with Crippen LogP contribution in [0.1, 0.15) is 32.3 Å². The van der Waals surface area contributed by atoms with E-state index in [1.165, 1.54) is 10.6 Å². The number of hydrogen-bond donors (Lipinski definition) is 1. The zero-order valence-corrected chi connectivity index (χ0v) is 19.6. The van der Waals surface area contributed by atoms with Gasteiger partial charge in [0.25, 0.3) is 0 Å². The van der Waals surface area contributed by atoms with Gasteiger partial charge in [0.05, 0.1) is 12.7 Å². The molecule has 1 N–H and O–H groups in total. The van der Waals surface area contributed by atoms with Gasteiger partial charge < -0.3 is 10.2 Å². The Balaban J connectivity index is 1.44. The Labute approximate surface area is 189 Å². The van der Waals surface area contributed by atoms with Crippen LogP contribution in [0.5, 0.6) is 0 Å². The first-order valence-corrected chi connectivity index (χ1v) is 12.9. The van der Waals surface area contributed by atoms with Crippen molar-refractivity contribution in [2.75, 3.05) is 47.6 Å². The smallest absolute Gasteiger partial charge is 0.233 e. The Hall–Kier alpha value is -2.72. The predicted molar refractivity (Wildman–Crippen MR) is 126 cm³/mol. The van der Waals surface area contributed by atoms with Crippen molar-refractivity contribution < 1.29 is 13.2 Å². The van der Waals surface area contributed by atoms with Crippen LogP contribution in [0.15, 0.2) is 30.5 Å². The van der Waals surface area contributed by atoms with Crippen LogP contribution in [0.4, 0.5) is 23.1 Å². The molecule has 4 rings (SSSR count). The number of sulfonamides is 1. The third kappa shape index (κ3) is 4.56. The van der Waals surface area contributed by atoms with Crippen molar-refractivity contribution in [2.24, 2.45) is 0 Å². The fraction of sp³-hybridized carbons (Fsp3) is 0.500. The van der Waals surface area contributed by atoms with E-state index in [0.29, 0.717) is 44.4 Å². The molecule has 0 spiro atoms. The summed E-state index contributed by atoms with van der Waals surface area (Å²) in [5.74, 6) is 1.26. The quantitative estimate of drug-likeness (QED) is 0.680. The molecule has 2 aliphatic rings. The number of rotatable bonds is 7. The van der Waals surface area contributed by atoms with E-state index in [-0.39, 0.29) is 11.9 Å². The third-order valence-corrected chi connectivity index (χ3v) is 7.49. The molecule has 1 fully saturated rings. The number of piperazine rings is 1. The number of anilines is 4. The molecule has 9 nitrogen and oxygen atoms in total. The van der Waals surface area contributed by atoms with Crippen LogP contribution >= 0.6 is 0 Å². The first-order chi connectivity index (χ1) is 15.3. The summed E-state index contributed by atoms with van der Waals surface area (Å²) in [4.78, 5) is 25.6. The average molecular weight is 459 g/mol. The highest BCUT2D eigenvalue weighted by Crippen LogP contribution is 2.31. The summed E-state index contributed by atoms with van der Waals surface area (Å²) in [6, 6.07) is 8.07. The van der Waals surface area contributed by atoms with Crippen molar-refractivity contribution in [1.82, 2.24) is 14.3 Å². The standard InChI is InChI=1S/C22H30N6O3S/c1-4-18(5-2)28-20(29)14-16-15-23-22(25-21(16)28)24-17-6-8-19(9-7-17)26-10-12-27(13-11-26)32(3,30)31/h6-9,15,18H,4-5,10-14H2,1-3H3,(H,23,24,25). The SMILES string of the molecule is CCC(CC)N1C(=O)Cc2cnc(Nc3ccc(N4CCN(S(C)(=O)=O)CC4)cc3)nc21. The van der Waals surface area contributed by atoms with Crippen molar-refractivity contribution >= 4 is 39.1 Å². The second-order valence-corrected chi connectivity index (χ2v) is 10.3. The lowest BCUT2D eigenvalue weighted by molar-refractivity contribution is -0.117. The zero-order chi connectivity index (χ0) is 22.9. The number of nitrogens with zero attached hydrogens (tertiary/aromatic N) is 5. The molecule has 0 saturated carbocycles. The molecule has 1 aromatic heterocycles. The van der Waals surface area contributed by atoms with E-state index in [1.54, 1.807) is 6.20 Å². The number of aromatic nitrogens is 2. The second kappa shape index (κ2) is 9.03. The van der Waals surface area contributed by atoms with Gasteiger partial charge in [0.1, 0.15) is 5.82 Å². The fourth-order valence-electron chi connectivity index (χ4n) is 4.35. The summed E-state index contributed by atoms with van der Waals surface area (Å²) in [6.07, 6.45) is 5.11. The van der Waals surface area contributed by atoms with Gasteiger partial charge in [0.15, 0.2) is 0 Å². The van der Waals surface area contributed by atoms with E-state index >= 15 is 0 Å². The molecule has 0 bridgehead atoms. The van der Waals surface area contributed by atoms with E-state index in [2.05, 4.69) is 34.0 Å². The van der Waals surface area contributed by atoms with Crippen molar-refractivity contribution in [3.8, 4) is 0 Å². The molecule has 10 heteroatoms. The van der Waals surface area contributed by atoms with E-state index in [1.807, 2.05) is 29.2 Å². The zero-order valence-electron chi connectivity index (χ0n) is 18.8. The molecule has 1 amide bonds. The van der Waals surface area contributed by atoms with Gasteiger partial charge in [-0.2, -0.15) is 9.29 Å². The lowest BCUT2D eigenvalue weighted by Gasteiger charge is -2.34. The van der Waals surface area contributed by atoms with Crippen LogP contribution < -0.4 is 15.1 Å². The van der Waals surface area contributed by atoms with Crippen molar-refractivity contribution in [3.63, 3.8) is 0 Å². The molecule has 0 aliphatic carbocycles. The molecular weight excluding hydrogens is 428 g/mol. The third-order valence-electron chi connectivity index (χ3n) is 6.18. The van der Waals surface area contributed by atoms with Crippen molar-refractivity contribution in [1.29, 1.82) is 0 Å². The van der Waals surface area contributed by atoms with Crippen molar-refractivity contribution in [3.05, 3.63) is 36.0 Å². The van der Waals surface area contributed by atoms with Gasteiger partial charge in [-0.05, 0) is 37.1 Å². The van der Waals surface area contributed by atoms with Gasteiger partial charge in [-0.3, -0.25) is 9.69 Å². The predicted octanol–water partition coefficient (Wildman–Crippen LogP) is 2.38. The van der Waals surface area contributed by atoms with E-state index in [4.69, 9.17) is 0 Å². The van der Waals surface area contributed by atoms with Gasteiger partial charge in [-0.1, -0.05) is 13.8 Å². The van der Waals surface area contributed by atoms with Crippen LogP contribution in [-0.2, 0) is 21.2 Å². The highest BCUT2D eigenvalue weighted by atomic mass is 32.2. The van der Waals surface area contributed by atoms with Gasteiger partial charge in [-0.15, -0.1) is 0 Å². The maximum Gasteiger partial charge on any atom is 0.233 e. The molecule has 1 aromatic carbocycles. The van der Waals surface area contributed by atoms with Crippen LogP contribution in [0.25, 0.3) is 0 Å². The Morgan fingerprint density at radius 2 is 1.72 bits per heavy atom. The summed E-state index contributed by atoms with van der Waals surface area (Å²) >= 11 is 0. The van der Waals surface area contributed by atoms with Crippen LogP contribution in [0, 0.1) is 0 Å². The van der Waals surface area contributed by atoms with Crippen LogP contribution in [0.2, 0.25) is 0 Å². The number of nitrogens with one attached hydrogen (secondary N) is 1. The lowest BCUT2D eigenvalue weighted by Crippen LogP contribution is -2.48. The molecule has 0 atom stereocenters. The number of hydrogen-bond acceptors (Lipinski definition) is 7. The highest BCUT2D eigenvalue weighted by molar-refractivity contribution is 7.88. The number of benzene rings is 1. The minimum atomic E-state index is -3.14. The Morgan fingerprint density at radius 1 is 1.06 bits per heavy atom. The summed E-state index contributed by atoms with van der Waals surface area (Å²) in [6.45, 7) is 6.48. The molecule has 2 aromatic rings. The highest BCUT2D eigenvalue weighted by Gasteiger charge is 2.33. The topological polar surface area (TPSA) is 98.7 Å². The van der Waals surface area contributed by atoms with E-state index < -0.39 is 10.0 Å². The molecule has 0 unspecified atom stereocenters. The van der Waals surface area contributed by atoms with Gasteiger partial charge in [-0.25, -0.2) is 13.4 Å². The fourth-order valence-corrected chi connectivity index (χ4v) is 5.18. The number of carbonyl (C=O) groups excluding carboxylic acids is 1. The molecule has 32 heavy (non-hydrogen) atoms. The largest absolute Gasteiger partial charge is 0.369 e. The van der Waals surface area contributed by atoms with Crippen LogP contribution in [0.3, 0.4) is 0 Å². The van der Waals surface area contributed by atoms with Gasteiger partial charge in [0.2, 0.25) is 21.9 Å². The molecule has 1 saturated heterocycles. The maximum atomic E-state index is 12.5. The summed E-state index contributed by atoms with van der Waals surface area (Å²) in [7, 11) is -3.14. The lowest BCUT2D eigenvalue weighted by atomic mass is 10.1. The minimum Gasteiger partial charge on any atom is -0.369 e. The van der Waals surface area contributed by atoms with Crippen LogP contribution in [-0.4, -0.2) is 67.1 Å². The number of amides is 1. The minimum absolute atomic E-state index is 0.0838.